The number of aromatic nitrogens is 1. The third-order valence-electron chi connectivity index (χ3n) is 2.47. The van der Waals surface area contributed by atoms with Crippen LogP contribution in [0.3, 0.4) is 0 Å². The Morgan fingerprint density at radius 1 is 1.20 bits per heavy atom. The smallest absolute Gasteiger partial charge is 0.338 e. The summed E-state index contributed by atoms with van der Waals surface area (Å²) in [5.41, 5.74) is -0.830. The van der Waals surface area contributed by atoms with Crippen LogP contribution in [0.2, 0.25) is 0 Å². The summed E-state index contributed by atoms with van der Waals surface area (Å²) in [5, 5.41) is 11.0. The van der Waals surface area contributed by atoms with E-state index in [0.29, 0.717) is 0 Å². The van der Waals surface area contributed by atoms with Crippen LogP contribution in [0.4, 0.5) is 10.1 Å². The van der Waals surface area contributed by atoms with Crippen molar-refractivity contribution >= 4 is 17.6 Å². The van der Waals surface area contributed by atoms with Gasteiger partial charge >= 0.3 is 5.97 Å². The Bertz CT molecular complexity index is 739. The van der Waals surface area contributed by atoms with Gasteiger partial charge in [0.25, 0.3) is 5.91 Å². The molecule has 2 aromatic rings. The van der Waals surface area contributed by atoms with Crippen LogP contribution < -0.4 is 10.9 Å². The van der Waals surface area contributed by atoms with Gasteiger partial charge in [0.05, 0.1) is 5.56 Å². The molecule has 1 amide bonds. The van der Waals surface area contributed by atoms with Crippen LogP contribution in [-0.2, 0) is 0 Å². The minimum atomic E-state index is -1.40. The molecule has 0 aliphatic heterocycles. The second kappa shape index (κ2) is 5.35. The minimum absolute atomic E-state index is 0.0141. The number of H-pyrrole nitrogens is 1. The first-order valence-corrected chi connectivity index (χ1v) is 5.51. The van der Waals surface area contributed by atoms with E-state index in [1.54, 1.807) is 0 Å². The van der Waals surface area contributed by atoms with Gasteiger partial charge in [0.1, 0.15) is 11.5 Å². The van der Waals surface area contributed by atoms with Gasteiger partial charge in [-0.25, -0.2) is 9.18 Å². The van der Waals surface area contributed by atoms with Crippen molar-refractivity contribution in [3.63, 3.8) is 0 Å². The number of hydrogen-bond donors (Lipinski definition) is 3. The summed E-state index contributed by atoms with van der Waals surface area (Å²) in [7, 11) is 0. The van der Waals surface area contributed by atoms with Gasteiger partial charge in [-0.1, -0.05) is 6.07 Å². The van der Waals surface area contributed by atoms with Crippen molar-refractivity contribution in [3.8, 4) is 0 Å². The van der Waals surface area contributed by atoms with Gasteiger partial charge in [-0.3, -0.25) is 9.59 Å². The predicted molar refractivity (Wildman–Crippen MR) is 68.4 cm³/mol. The summed E-state index contributed by atoms with van der Waals surface area (Å²) in [6.07, 6.45) is 0. The molecule has 7 heteroatoms. The third-order valence-corrected chi connectivity index (χ3v) is 2.47. The number of carboxylic acids is 1. The molecular formula is C13H9FN2O4. The standard InChI is InChI=1S/C13H9FN2O4/c14-9-6-7(4-5-8(9)13(19)20)15-12(18)10-2-1-3-11(17)16-10/h1-6H,(H,15,18)(H,16,17)(H,19,20). The molecule has 0 fully saturated rings. The number of aromatic amines is 1. The first-order valence-electron chi connectivity index (χ1n) is 5.51. The molecule has 0 aliphatic carbocycles. The third kappa shape index (κ3) is 2.89. The van der Waals surface area contributed by atoms with Crippen LogP contribution in [0.15, 0.2) is 41.2 Å². The Balaban J connectivity index is 2.22. The number of pyridine rings is 1. The molecule has 0 spiro atoms. The zero-order chi connectivity index (χ0) is 14.7. The number of carbonyl (C=O) groups excluding carboxylic acids is 1. The summed E-state index contributed by atoms with van der Waals surface area (Å²) in [5.74, 6) is -2.99. The first kappa shape index (κ1) is 13.5. The number of anilines is 1. The fourth-order valence-corrected chi connectivity index (χ4v) is 1.54. The molecule has 2 rings (SSSR count). The highest BCUT2D eigenvalue weighted by Gasteiger charge is 2.12. The maximum absolute atomic E-state index is 13.4. The number of amides is 1. The zero-order valence-corrected chi connectivity index (χ0v) is 10.0. The molecule has 102 valence electrons. The molecule has 3 N–H and O–H groups in total. The molecule has 0 saturated carbocycles. The molecular weight excluding hydrogens is 267 g/mol. The van der Waals surface area contributed by atoms with Crippen molar-refractivity contribution in [2.75, 3.05) is 5.32 Å². The Hall–Kier alpha value is -2.96. The van der Waals surface area contributed by atoms with E-state index in [0.717, 1.165) is 12.1 Å². The number of benzene rings is 1. The van der Waals surface area contributed by atoms with Crippen LogP contribution in [0.25, 0.3) is 0 Å². The minimum Gasteiger partial charge on any atom is -0.478 e. The number of aromatic carboxylic acids is 1. The van der Waals surface area contributed by atoms with E-state index >= 15 is 0 Å². The van der Waals surface area contributed by atoms with Gasteiger partial charge in [0.15, 0.2) is 0 Å². The van der Waals surface area contributed by atoms with Gasteiger partial charge in [0.2, 0.25) is 5.56 Å². The fraction of sp³-hybridized carbons (Fsp3) is 0. The molecule has 20 heavy (non-hydrogen) atoms. The largest absolute Gasteiger partial charge is 0.478 e. The Morgan fingerprint density at radius 3 is 2.55 bits per heavy atom. The lowest BCUT2D eigenvalue weighted by Crippen LogP contribution is -2.18. The highest BCUT2D eigenvalue weighted by molar-refractivity contribution is 6.03. The van der Waals surface area contributed by atoms with Crippen molar-refractivity contribution in [1.82, 2.24) is 4.98 Å². The molecule has 0 aliphatic rings. The number of nitrogens with one attached hydrogen (secondary N) is 2. The maximum atomic E-state index is 13.4. The van der Waals surface area contributed by atoms with E-state index in [1.165, 1.54) is 24.3 Å². The van der Waals surface area contributed by atoms with E-state index in [-0.39, 0.29) is 11.4 Å². The molecule has 1 heterocycles. The molecule has 1 aromatic carbocycles. The number of halogens is 1. The average molecular weight is 276 g/mol. The normalized spacial score (nSPS) is 10.1. The Kier molecular flexibility index (Phi) is 3.60. The maximum Gasteiger partial charge on any atom is 0.338 e. The quantitative estimate of drug-likeness (QED) is 0.790. The van der Waals surface area contributed by atoms with Gasteiger partial charge in [-0.2, -0.15) is 0 Å². The van der Waals surface area contributed by atoms with Crippen molar-refractivity contribution in [2.45, 2.75) is 0 Å². The van der Waals surface area contributed by atoms with E-state index in [1.807, 2.05) is 0 Å². The molecule has 0 unspecified atom stereocenters. The lowest BCUT2D eigenvalue weighted by Gasteiger charge is -2.06. The van der Waals surface area contributed by atoms with Crippen LogP contribution in [0, 0.1) is 5.82 Å². The highest BCUT2D eigenvalue weighted by atomic mass is 19.1. The van der Waals surface area contributed by atoms with Gasteiger partial charge in [0, 0.05) is 11.8 Å². The van der Waals surface area contributed by atoms with Gasteiger partial charge in [-0.15, -0.1) is 0 Å². The summed E-state index contributed by atoms with van der Waals surface area (Å²) < 4.78 is 13.4. The predicted octanol–water partition coefficient (Wildman–Crippen LogP) is 1.46. The Labute approximate surface area is 111 Å². The molecule has 6 nitrogen and oxygen atoms in total. The fourth-order valence-electron chi connectivity index (χ4n) is 1.54. The molecule has 0 atom stereocenters. The van der Waals surface area contributed by atoms with Crippen molar-refractivity contribution < 1.29 is 19.1 Å². The van der Waals surface area contributed by atoms with Crippen molar-refractivity contribution in [3.05, 3.63) is 63.8 Å². The zero-order valence-electron chi connectivity index (χ0n) is 10.0. The number of rotatable bonds is 3. The van der Waals surface area contributed by atoms with E-state index in [4.69, 9.17) is 5.11 Å². The number of hydrogen-bond acceptors (Lipinski definition) is 3. The first-order chi connectivity index (χ1) is 9.47. The van der Waals surface area contributed by atoms with E-state index in [9.17, 15) is 18.8 Å². The van der Waals surface area contributed by atoms with Crippen LogP contribution in [0.1, 0.15) is 20.8 Å². The van der Waals surface area contributed by atoms with Gasteiger partial charge in [-0.05, 0) is 24.3 Å². The van der Waals surface area contributed by atoms with Crippen molar-refractivity contribution in [2.24, 2.45) is 0 Å². The molecule has 0 saturated heterocycles. The topological polar surface area (TPSA) is 99.3 Å². The van der Waals surface area contributed by atoms with Crippen LogP contribution in [0.5, 0.6) is 0 Å². The second-order valence-electron chi connectivity index (χ2n) is 3.88. The monoisotopic (exact) mass is 276 g/mol. The Morgan fingerprint density at radius 2 is 1.95 bits per heavy atom. The van der Waals surface area contributed by atoms with Crippen molar-refractivity contribution in [1.29, 1.82) is 0 Å². The van der Waals surface area contributed by atoms with Crippen LogP contribution in [-0.4, -0.2) is 22.0 Å². The number of carbonyl (C=O) groups is 2. The number of carboxylic acid groups (broad SMARTS) is 1. The summed E-state index contributed by atoms with van der Waals surface area (Å²) >= 11 is 0. The summed E-state index contributed by atoms with van der Waals surface area (Å²) in [4.78, 5) is 35.8. The second-order valence-corrected chi connectivity index (χ2v) is 3.88. The average Bonchev–Trinajstić information content (AvgIpc) is 2.38. The molecule has 1 aromatic heterocycles. The lowest BCUT2D eigenvalue weighted by molar-refractivity contribution is 0.0692. The lowest BCUT2D eigenvalue weighted by atomic mass is 10.2. The van der Waals surface area contributed by atoms with Crippen LogP contribution >= 0.6 is 0 Å². The van der Waals surface area contributed by atoms with E-state index < -0.39 is 28.8 Å². The summed E-state index contributed by atoms with van der Waals surface area (Å²) in [6.45, 7) is 0. The summed E-state index contributed by atoms with van der Waals surface area (Å²) in [6, 6.07) is 7.23. The SMILES string of the molecule is O=C(Nc1ccc(C(=O)O)c(F)c1)c1cccc(=O)[nH]1. The molecule has 0 radical (unpaired) electrons. The highest BCUT2D eigenvalue weighted by Crippen LogP contribution is 2.15. The van der Waals surface area contributed by atoms with Gasteiger partial charge < -0.3 is 15.4 Å². The van der Waals surface area contributed by atoms with E-state index in [2.05, 4.69) is 10.3 Å². The molecule has 0 bridgehead atoms.